The van der Waals surface area contributed by atoms with Gasteiger partial charge in [-0.2, -0.15) is 0 Å². The minimum absolute atomic E-state index is 0.271. The van der Waals surface area contributed by atoms with E-state index in [4.69, 9.17) is 9.47 Å². The zero-order valence-corrected chi connectivity index (χ0v) is 28.8. The number of allylic oxidation sites excluding steroid dienone is 8. The van der Waals surface area contributed by atoms with Crippen LogP contribution in [0.25, 0.3) is 0 Å². The van der Waals surface area contributed by atoms with Crippen LogP contribution in [0.1, 0.15) is 181 Å². The molecule has 0 radical (unpaired) electrons. The lowest BCUT2D eigenvalue weighted by Crippen LogP contribution is -2.20. The molecule has 0 spiro atoms. The third-order valence-corrected chi connectivity index (χ3v) is 7.95. The number of rotatable bonds is 34. The van der Waals surface area contributed by atoms with Crippen molar-refractivity contribution in [3.05, 3.63) is 48.6 Å². The Labute approximate surface area is 264 Å². The Hall–Kier alpha value is -1.12. The first kappa shape index (κ1) is 40.9. The summed E-state index contributed by atoms with van der Waals surface area (Å²) in [7, 11) is 0. The highest BCUT2D eigenvalue weighted by Crippen LogP contribution is 2.11. The summed E-state index contributed by atoms with van der Waals surface area (Å²) in [4.78, 5) is 0. The van der Waals surface area contributed by atoms with Gasteiger partial charge in [0.1, 0.15) is 0 Å². The molecule has 0 aromatic carbocycles. The minimum atomic E-state index is 0.271. The highest BCUT2D eigenvalue weighted by atomic mass is 16.5. The van der Waals surface area contributed by atoms with Gasteiger partial charge >= 0.3 is 0 Å². The lowest BCUT2D eigenvalue weighted by Gasteiger charge is -2.16. The Morgan fingerprint density at radius 2 is 0.786 bits per heavy atom. The van der Waals surface area contributed by atoms with Crippen LogP contribution in [0.15, 0.2) is 48.6 Å². The number of hydrogen-bond donors (Lipinski definition) is 0. The fourth-order valence-corrected chi connectivity index (χ4v) is 5.03. The van der Waals surface area contributed by atoms with Gasteiger partial charge in [-0.05, 0) is 83.5 Å². The molecule has 0 fully saturated rings. The van der Waals surface area contributed by atoms with Gasteiger partial charge in [-0.25, -0.2) is 0 Å². The zero-order valence-electron chi connectivity index (χ0n) is 28.8. The second-order valence-corrected chi connectivity index (χ2v) is 12.1. The van der Waals surface area contributed by atoms with Crippen LogP contribution < -0.4 is 0 Å². The van der Waals surface area contributed by atoms with Gasteiger partial charge in [-0.1, -0.05) is 146 Å². The molecule has 0 aliphatic rings. The first-order chi connectivity index (χ1) is 20.8. The molecule has 0 saturated heterocycles. The quantitative estimate of drug-likeness (QED) is 0.0551. The van der Waals surface area contributed by atoms with Crippen molar-refractivity contribution in [2.24, 2.45) is 0 Å². The predicted molar refractivity (Wildman–Crippen MR) is 190 cm³/mol. The summed E-state index contributed by atoms with van der Waals surface area (Å²) in [6.07, 6.45) is 51.0. The fourth-order valence-electron chi connectivity index (χ4n) is 5.03. The molecule has 0 N–H and O–H groups in total. The molecular formula is C40H74O2. The van der Waals surface area contributed by atoms with Crippen LogP contribution in [-0.2, 0) is 9.47 Å². The van der Waals surface area contributed by atoms with Crippen molar-refractivity contribution < 1.29 is 9.47 Å². The van der Waals surface area contributed by atoms with Crippen molar-refractivity contribution in [3.63, 3.8) is 0 Å². The normalized spacial score (nSPS) is 13.1. The standard InChI is InChI=1S/C40H74O2/c1-4-7-9-11-13-15-17-19-21-23-25-27-29-31-33-35-37-41-39-40(6-3)42-38-36-34-32-30-28-26-24-22-20-18-16-14-12-10-8-5-2/h13-16,19-22,40H,4-12,17-18,23-39H2,1-3H3/b15-13-,16-14-,21-19-,22-20-/t40-/m1/s1. The van der Waals surface area contributed by atoms with Crippen LogP contribution >= 0.6 is 0 Å². The van der Waals surface area contributed by atoms with Crippen LogP contribution in [0.2, 0.25) is 0 Å². The van der Waals surface area contributed by atoms with Gasteiger partial charge in [0.15, 0.2) is 0 Å². The first-order valence-electron chi connectivity index (χ1n) is 18.6. The Morgan fingerprint density at radius 3 is 1.21 bits per heavy atom. The number of ether oxygens (including phenoxy) is 2. The summed E-state index contributed by atoms with van der Waals surface area (Å²) < 4.78 is 12.0. The molecule has 0 aliphatic heterocycles. The van der Waals surface area contributed by atoms with Gasteiger partial charge in [-0.15, -0.1) is 0 Å². The third kappa shape index (κ3) is 35.1. The van der Waals surface area contributed by atoms with E-state index in [1.807, 2.05) is 0 Å². The molecule has 246 valence electrons. The minimum Gasteiger partial charge on any atom is -0.379 e. The largest absolute Gasteiger partial charge is 0.379 e. The molecule has 0 unspecified atom stereocenters. The van der Waals surface area contributed by atoms with E-state index in [0.717, 1.165) is 39.1 Å². The van der Waals surface area contributed by atoms with Crippen LogP contribution in [0, 0.1) is 0 Å². The van der Waals surface area contributed by atoms with E-state index >= 15 is 0 Å². The number of hydrogen-bond acceptors (Lipinski definition) is 2. The van der Waals surface area contributed by atoms with E-state index in [1.165, 1.54) is 141 Å². The maximum atomic E-state index is 6.09. The second-order valence-electron chi connectivity index (χ2n) is 12.1. The van der Waals surface area contributed by atoms with Gasteiger partial charge in [0.2, 0.25) is 0 Å². The van der Waals surface area contributed by atoms with Crippen molar-refractivity contribution in [1.29, 1.82) is 0 Å². The predicted octanol–water partition coefficient (Wildman–Crippen LogP) is 13.4. The van der Waals surface area contributed by atoms with Crippen molar-refractivity contribution in [1.82, 2.24) is 0 Å². The van der Waals surface area contributed by atoms with Crippen molar-refractivity contribution in [2.45, 2.75) is 187 Å². The van der Waals surface area contributed by atoms with Crippen molar-refractivity contribution in [3.8, 4) is 0 Å². The molecule has 0 aromatic rings. The lowest BCUT2D eigenvalue weighted by atomic mass is 10.1. The summed E-state index contributed by atoms with van der Waals surface area (Å²) in [6.45, 7) is 9.29. The maximum Gasteiger partial charge on any atom is 0.0805 e. The average molecular weight is 587 g/mol. The Kier molecular flexibility index (Phi) is 36.9. The van der Waals surface area contributed by atoms with E-state index in [9.17, 15) is 0 Å². The van der Waals surface area contributed by atoms with Gasteiger partial charge in [0.05, 0.1) is 12.7 Å². The Balaban J connectivity index is 3.38. The van der Waals surface area contributed by atoms with Crippen LogP contribution in [-0.4, -0.2) is 25.9 Å². The molecule has 0 amide bonds. The van der Waals surface area contributed by atoms with E-state index in [2.05, 4.69) is 69.4 Å². The van der Waals surface area contributed by atoms with Gasteiger partial charge in [0, 0.05) is 13.2 Å². The van der Waals surface area contributed by atoms with Gasteiger partial charge in [-0.3, -0.25) is 0 Å². The molecule has 0 bridgehead atoms. The summed E-state index contributed by atoms with van der Waals surface area (Å²) >= 11 is 0. The molecule has 2 nitrogen and oxygen atoms in total. The lowest BCUT2D eigenvalue weighted by molar-refractivity contribution is -0.0200. The summed E-state index contributed by atoms with van der Waals surface area (Å²) in [6, 6.07) is 0. The second kappa shape index (κ2) is 37.9. The molecule has 1 atom stereocenters. The van der Waals surface area contributed by atoms with Gasteiger partial charge in [0.25, 0.3) is 0 Å². The highest BCUT2D eigenvalue weighted by molar-refractivity contribution is 4.93. The topological polar surface area (TPSA) is 18.5 Å². The smallest absolute Gasteiger partial charge is 0.0805 e. The maximum absolute atomic E-state index is 6.09. The molecule has 0 aromatic heterocycles. The van der Waals surface area contributed by atoms with Crippen molar-refractivity contribution in [2.75, 3.05) is 19.8 Å². The summed E-state index contributed by atoms with van der Waals surface area (Å²) in [5.41, 5.74) is 0. The van der Waals surface area contributed by atoms with Crippen molar-refractivity contribution >= 4 is 0 Å². The average Bonchev–Trinajstić information content (AvgIpc) is 3.00. The summed E-state index contributed by atoms with van der Waals surface area (Å²) in [5, 5.41) is 0. The first-order valence-corrected chi connectivity index (χ1v) is 18.6. The molecule has 42 heavy (non-hydrogen) atoms. The summed E-state index contributed by atoms with van der Waals surface area (Å²) in [5.74, 6) is 0. The third-order valence-electron chi connectivity index (χ3n) is 7.95. The Bertz CT molecular complexity index is 603. The zero-order chi connectivity index (χ0) is 30.4. The SMILES string of the molecule is CCCCC/C=C\C/C=C\CCCCCCCCOC[C@@H](CC)OCCCCCCCC/C=C\C/C=C\CCCCC. The molecule has 0 heterocycles. The van der Waals surface area contributed by atoms with Crippen LogP contribution in [0.4, 0.5) is 0 Å². The van der Waals surface area contributed by atoms with E-state index < -0.39 is 0 Å². The molecule has 0 rings (SSSR count). The molecular weight excluding hydrogens is 512 g/mol. The molecule has 2 heteroatoms. The van der Waals surface area contributed by atoms with E-state index in [1.54, 1.807) is 0 Å². The van der Waals surface area contributed by atoms with Crippen LogP contribution in [0.3, 0.4) is 0 Å². The van der Waals surface area contributed by atoms with Crippen LogP contribution in [0.5, 0.6) is 0 Å². The fraction of sp³-hybridized carbons (Fsp3) is 0.800. The van der Waals surface area contributed by atoms with E-state index in [-0.39, 0.29) is 6.10 Å². The van der Waals surface area contributed by atoms with E-state index in [0.29, 0.717) is 0 Å². The Morgan fingerprint density at radius 1 is 0.405 bits per heavy atom. The monoisotopic (exact) mass is 587 g/mol. The van der Waals surface area contributed by atoms with Gasteiger partial charge < -0.3 is 9.47 Å². The molecule has 0 aliphatic carbocycles. The number of unbranched alkanes of at least 4 members (excludes halogenated alkanes) is 18. The molecule has 0 saturated carbocycles. The highest BCUT2D eigenvalue weighted by Gasteiger charge is 2.06.